The van der Waals surface area contributed by atoms with E-state index in [1.54, 1.807) is 6.92 Å². The third kappa shape index (κ3) is 6.40. The Labute approximate surface area is 97.2 Å². The summed E-state index contributed by atoms with van der Waals surface area (Å²) in [6.45, 7) is 6.20. The van der Waals surface area contributed by atoms with Crippen LogP contribution in [-0.4, -0.2) is 30.4 Å². The van der Waals surface area contributed by atoms with Crippen LogP contribution in [0.3, 0.4) is 0 Å². The Hall–Kier alpha value is -1.10. The van der Waals surface area contributed by atoms with Crippen LogP contribution in [0, 0.1) is 0 Å². The first kappa shape index (κ1) is 14.9. The van der Waals surface area contributed by atoms with Gasteiger partial charge in [-0.1, -0.05) is 13.8 Å². The fourth-order valence-corrected chi connectivity index (χ4v) is 1.15. The van der Waals surface area contributed by atoms with Crippen molar-refractivity contribution < 1.29 is 9.59 Å². The average Bonchev–Trinajstić information content (AvgIpc) is 2.25. The molecule has 0 aliphatic carbocycles. The topological polar surface area (TPSA) is 84.2 Å². The van der Waals surface area contributed by atoms with Crippen LogP contribution in [0.25, 0.3) is 0 Å². The average molecular weight is 229 g/mol. The molecule has 0 saturated carbocycles. The lowest BCUT2D eigenvalue weighted by Gasteiger charge is -2.15. The maximum absolute atomic E-state index is 11.4. The maximum Gasteiger partial charge on any atom is 0.242 e. The van der Waals surface area contributed by atoms with E-state index in [1.807, 2.05) is 13.8 Å². The molecule has 0 rings (SSSR count). The van der Waals surface area contributed by atoms with Gasteiger partial charge >= 0.3 is 0 Å². The van der Waals surface area contributed by atoms with Crippen LogP contribution in [0.1, 0.15) is 40.0 Å². The van der Waals surface area contributed by atoms with E-state index in [9.17, 15) is 9.59 Å². The lowest BCUT2D eigenvalue weighted by Crippen LogP contribution is -2.46. The van der Waals surface area contributed by atoms with Crippen LogP contribution < -0.4 is 16.4 Å². The maximum atomic E-state index is 11.4. The summed E-state index contributed by atoms with van der Waals surface area (Å²) < 4.78 is 0. The SMILES string of the molecule is CCCNC(=O)C(C)NC(=O)CC(N)CC. The van der Waals surface area contributed by atoms with E-state index in [-0.39, 0.29) is 24.3 Å². The highest BCUT2D eigenvalue weighted by atomic mass is 16.2. The van der Waals surface area contributed by atoms with Crippen molar-refractivity contribution >= 4 is 11.8 Å². The van der Waals surface area contributed by atoms with Crippen molar-refractivity contribution in [3.8, 4) is 0 Å². The first-order valence-corrected chi connectivity index (χ1v) is 5.83. The highest BCUT2D eigenvalue weighted by Crippen LogP contribution is 1.94. The molecule has 0 aliphatic rings. The largest absolute Gasteiger partial charge is 0.354 e. The number of carbonyl (C=O) groups is 2. The molecule has 0 aliphatic heterocycles. The first-order valence-electron chi connectivity index (χ1n) is 5.83. The smallest absolute Gasteiger partial charge is 0.242 e. The van der Waals surface area contributed by atoms with E-state index in [0.29, 0.717) is 6.54 Å². The van der Waals surface area contributed by atoms with Gasteiger partial charge in [-0.2, -0.15) is 0 Å². The molecule has 2 amide bonds. The molecule has 0 bridgehead atoms. The van der Waals surface area contributed by atoms with Gasteiger partial charge in [0.25, 0.3) is 0 Å². The molecular formula is C11H23N3O2. The van der Waals surface area contributed by atoms with Gasteiger partial charge < -0.3 is 16.4 Å². The molecule has 5 nitrogen and oxygen atoms in total. The Morgan fingerprint density at radius 2 is 1.94 bits per heavy atom. The minimum atomic E-state index is -0.497. The van der Waals surface area contributed by atoms with Crippen molar-refractivity contribution in [1.29, 1.82) is 0 Å². The van der Waals surface area contributed by atoms with Crippen LogP contribution in [0.4, 0.5) is 0 Å². The van der Waals surface area contributed by atoms with Crippen molar-refractivity contribution in [2.45, 2.75) is 52.1 Å². The van der Waals surface area contributed by atoms with Crippen molar-refractivity contribution in [1.82, 2.24) is 10.6 Å². The molecule has 0 aromatic carbocycles. The van der Waals surface area contributed by atoms with Crippen LogP contribution >= 0.6 is 0 Å². The molecule has 0 saturated heterocycles. The fourth-order valence-electron chi connectivity index (χ4n) is 1.15. The molecule has 5 heteroatoms. The molecule has 0 fully saturated rings. The predicted molar refractivity (Wildman–Crippen MR) is 63.8 cm³/mol. The molecule has 0 aromatic heterocycles. The summed E-state index contributed by atoms with van der Waals surface area (Å²) in [4.78, 5) is 22.9. The highest BCUT2D eigenvalue weighted by molar-refractivity contribution is 5.87. The molecule has 0 radical (unpaired) electrons. The summed E-state index contributed by atoms with van der Waals surface area (Å²) >= 11 is 0. The van der Waals surface area contributed by atoms with E-state index in [4.69, 9.17) is 5.73 Å². The fraction of sp³-hybridized carbons (Fsp3) is 0.818. The lowest BCUT2D eigenvalue weighted by molar-refractivity contribution is -0.128. The number of amides is 2. The summed E-state index contributed by atoms with van der Waals surface area (Å²) in [5, 5.41) is 5.34. The monoisotopic (exact) mass is 229 g/mol. The lowest BCUT2D eigenvalue weighted by atomic mass is 10.1. The third-order valence-corrected chi connectivity index (χ3v) is 2.29. The zero-order chi connectivity index (χ0) is 12.6. The van der Waals surface area contributed by atoms with Crippen LogP contribution in [0.5, 0.6) is 0 Å². The number of nitrogens with two attached hydrogens (primary N) is 1. The Morgan fingerprint density at radius 1 is 1.31 bits per heavy atom. The number of hydrogen-bond donors (Lipinski definition) is 3. The standard InChI is InChI=1S/C11H23N3O2/c1-4-6-13-11(16)8(3)14-10(15)7-9(12)5-2/h8-9H,4-7,12H2,1-3H3,(H,13,16)(H,14,15). The Balaban J connectivity index is 3.89. The summed E-state index contributed by atoms with van der Waals surface area (Å²) in [6, 6.07) is -0.631. The van der Waals surface area contributed by atoms with E-state index in [2.05, 4.69) is 10.6 Å². The summed E-state index contributed by atoms with van der Waals surface area (Å²) in [7, 11) is 0. The summed E-state index contributed by atoms with van der Waals surface area (Å²) in [5.74, 6) is -0.325. The number of nitrogens with one attached hydrogen (secondary N) is 2. The zero-order valence-electron chi connectivity index (χ0n) is 10.4. The van der Waals surface area contributed by atoms with Crippen LogP contribution in [0.2, 0.25) is 0 Å². The third-order valence-electron chi connectivity index (χ3n) is 2.29. The van der Waals surface area contributed by atoms with E-state index < -0.39 is 6.04 Å². The second-order valence-corrected chi connectivity index (χ2v) is 3.95. The van der Waals surface area contributed by atoms with Crippen molar-refractivity contribution in [3.05, 3.63) is 0 Å². The molecule has 0 spiro atoms. The predicted octanol–water partition coefficient (Wildman–Crippen LogP) is 0.145. The van der Waals surface area contributed by atoms with Gasteiger partial charge in [0.05, 0.1) is 0 Å². The second kappa shape index (κ2) is 8.10. The molecule has 0 heterocycles. The highest BCUT2D eigenvalue weighted by Gasteiger charge is 2.15. The van der Waals surface area contributed by atoms with Crippen molar-refractivity contribution in [2.24, 2.45) is 5.73 Å². The van der Waals surface area contributed by atoms with Gasteiger partial charge in [-0.05, 0) is 19.8 Å². The second-order valence-electron chi connectivity index (χ2n) is 3.95. The van der Waals surface area contributed by atoms with Crippen molar-refractivity contribution in [2.75, 3.05) is 6.54 Å². The normalized spacial score (nSPS) is 14.0. The quantitative estimate of drug-likeness (QED) is 0.581. The van der Waals surface area contributed by atoms with Gasteiger partial charge in [0.15, 0.2) is 0 Å². The Morgan fingerprint density at radius 3 is 2.44 bits per heavy atom. The molecule has 2 unspecified atom stereocenters. The molecule has 4 N–H and O–H groups in total. The number of hydrogen-bond acceptors (Lipinski definition) is 3. The molecule has 0 aromatic rings. The summed E-state index contributed by atoms with van der Waals surface area (Å²) in [6.07, 6.45) is 1.90. The first-order chi connectivity index (χ1) is 7.51. The molecule has 94 valence electrons. The van der Waals surface area contributed by atoms with Gasteiger partial charge in [-0.3, -0.25) is 9.59 Å². The van der Waals surface area contributed by atoms with E-state index in [1.165, 1.54) is 0 Å². The molecule has 2 atom stereocenters. The van der Waals surface area contributed by atoms with Gasteiger partial charge in [-0.15, -0.1) is 0 Å². The number of rotatable bonds is 7. The minimum Gasteiger partial charge on any atom is -0.354 e. The van der Waals surface area contributed by atoms with Crippen LogP contribution in [0.15, 0.2) is 0 Å². The number of carbonyl (C=O) groups excluding carboxylic acids is 2. The van der Waals surface area contributed by atoms with Gasteiger partial charge in [0, 0.05) is 19.0 Å². The Bertz CT molecular complexity index is 231. The van der Waals surface area contributed by atoms with Crippen molar-refractivity contribution in [3.63, 3.8) is 0 Å². The van der Waals surface area contributed by atoms with Gasteiger partial charge in [-0.25, -0.2) is 0 Å². The summed E-state index contributed by atoms with van der Waals surface area (Å²) in [5.41, 5.74) is 5.64. The zero-order valence-corrected chi connectivity index (χ0v) is 10.4. The van der Waals surface area contributed by atoms with Crippen LogP contribution in [-0.2, 0) is 9.59 Å². The van der Waals surface area contributed by atoms with E-state index >= 15 is 0 Å². The molecular weight excluding hydrogens is 206 g/mol. The molecule has 16 heavy (non-hydrogen) atoms. The minimum absolute atomic E-state index is 0.133. The van der Waals surface area contributed by atoms with Gasteiger partial charge in [0.2, 0.25) is 11.8 Å². The Kier molecular flexibility index (Phi) is 7.54. The van der Waals surface area contributed by atoms with E-state index in [0.717, 1.165) is 12.8 Å². The van der Waals surface area contributed by atoms with Gasteiger partial charge in [0.1, 0.15) is 6.04 Å².